The Morgan fingerprint density at radius 2 is 1.86 bits per heavy atom. The predicted octanol–water partition coefficient (Wildman–Crippen LogP) is 6.65. The molecule has 2 aliphatic heterocycles. The number of ether oxygens (including phenoxy) is 3. The Balaban J connectivity index is 1.26. The van der Waals surface area contributed by atoms with E-state index in [9.17, 15) is 9.59 Å². The first-order valence-electron chi connectivity index (χ1n) is 16.9. The zero-order valence-electron chi connectivity index (χ0n) is 28.9. The van der Waals surface area contributed by atoms with Crippen molar-refractivity contribution >= 4 is 23.5 Å². The number of benzene rings is 2. The van der Waals surface area contributed by atoms with Gasteiger partial charge in [0.1, 0.15) is 23.4 Å². The molecule has 6 rings (SSSR count). The van der Waals surface area contributed by atoms with Crippen molar-refractivity contribution in [2.24, 2.45) is 0 Å². The molecule has 2 aliphatic rings. The fraction of sp³-hybridized carbons (Fsp3) is 0.432. The van der Waals surface area contributed by atoms with E-state index in [-0.39, 0.29) is 30.9 Å². The van der Waals surface area contributed by atoms with E-state index >= 15 is 0 Å². The number of carbonyl (C=O) groups excluding carboxylic acids is 2. The van der Waals surface area contributed by atoms with Crippen LogP contribution in [0.3, 0.4) is 0 Å². The summed E-state index contributed by atoms with van der Waals surface area (Å²) < 4.78 is 19.3. The van der Waals surface area contributed by atoms with Crippen molar-refractivity contribution in [2.75, 3.05) is 25.1 Å². The van der Waals surface area contributed by atoms with E-state index in [0.717, 1.165) is 59.5 Å². The second-order valence-electron chi connectivity index (χ2n) is 13.7. The molecular weight excluding hydrogens is 622 g/mol. The summed E-state index contributed by atoms with van der Waals surface area (Å²) in [6, 6.07) is 15.5. The van der Waals surface area contributed by atoms with Gasteiger partial charge in [-0.3, -0.25) is 4.79 Å². The van der Waals surface area contributed by atoms with Crippen molar-refractivity contribution in [2.45, 2.75) is 84.7 Å². The largest absolute Gasteiger partial charge is 0.484 e. The van der Waals surface area contributed by atoms with Crippen LogP contribution < -0.4 is 15.4 Å². The van der Waals surface area contributed by atoms with E-state index in [1.165, 1.54) is 0 Å². The highest BCUT2D eigenvalue weighted by Crippen LogP contribution is 2.32. The molecule has 2 aromatic carbocycles. The Bertz CT molecular complexity index is 1770. The Hall–Kier alpha value is -4.97. The molecule has 12 nitrogen and oxygen atoms in total. The van der Waals surface area contributed by atoms with E-state index in [2.05, 4.69) is 15.7 Å². The van der Waals surface area contributed by atoms with Crippen LogP contribution in [0.15, 0.2) is 60.9 Å². The molecule has 0 saturated carbocycles. The minimum atomic E-state index is -0.608. The second kappa shape index (κ2) is 14.7. The van der Waals surface area contributed by atoms with Gasteiger partial charge in [-0.1, -0.05) is 24.3 Å². The molecule has 1 unspecified atom stereocenters. The summed E-state index contributed by atoms with van der Waals surface area (Å²) in [4.78, 5) is 36.8. The van der Waals surface area contributed by atoms with Crippen molar-refractivity contribution in [1.82, 2.24) is 30.0 Å². The lowest BCUT2D eigenvalue weighted by Gasteiger charge is -2.31. The topological polar surface area (TPSA) is 133 Å². The summed E-state index contributed by atoms with van der Waals surface area (Å²) in [6.45, 7) is 10.8. The zero-order valence-corrected chi connectivity index (χ0v) is 28.9. The quantitative estimate of drug-likeness (QED) is 0.201. The minimum absolute atomic E-state index is 0.0153. The monoisotopic (exact) mass is 667 g/mol. The molecule has 1 fully saturated rings. The van der Waals surface area contributed by atoms with E-state index in [4.69, 9.17) is 24.2 Å². The van der Waals surface area contributed by atoms with Crippen LogP contribution in [0.1, 0.15) is 71.4 Å². The van der Waals surface area contributed by atoms with Crippen molar-refractivity contribution in [1.29, 1.82) is 0 Å². The molecule has 0 bridgehead atoms. The highest BCUT2D eigenvalue weighted by atomic mass is 16.6. The fourth-order valence-corrected chi connectivity index (χ4v) is 5.83. The second-order valence-corrected chi connectivity index (χ2v) is 13.7. The summed E-state index contributed by atoms with van der Waals surface area (Å²) in [7, 11) is 0. The van der Waals surface area contributed by atoms with Crippen LogP contribution >= 0.6 is 0 Å². The molecule has 0 aliphatic carbocycles. The first-order valence-corrected chi connectivity index (χ1v) is 16.9. The number of hydrogen-bond donors (Lipinski definition) is 2. The third-order valence-electron chi connectivity index (χ3n) is 8.16. The van der Waals surface area contributed by atoms with Crippen LogP contribution in [0.25, 0.3) is 22.5 Å². The number of amides is 2. The lowest BCUT2D eigenvalue weighted by Crippen LogP contribution is -2.40. The lowest BCUT2D eigenvalue weighted by molar-refractivity contribution is -0.123. The third kappa shape index (κ3) is 8.74. The summed E-state index contributed by atoms with van der Waals surface area (Å²) in [5, 5.41) is 10.9. The molecular formula is C37H45N7O5. The normalized spacial score (nSPS) is 16.2. The maximum atomic E-state index is 13.0. The van der Waals surface area contributed by atoms with E-state index in [0.29, 0.717) is 36.9 Å². The Labute approximate surface area is 287 Å². The van der Waals surface area contributed by atoms with Gasteiger partial charge in [0, 0.05) is 54.2 Å². The molecule has 258 valence electrons. The van der Waals surface area contributed by atoms with Gasteiger partial charge >= 0.3 is 6.09 Å². The van der Waals surface area contributed by atoms with Gasteiger partial charge in [0.2, 0.25) is 0 Å². The van der Waals surface area contributed by atoms with Crippen LogP contribution in [0.2, 0.25) is 0 Å². The van der Waals surface area contributed by atoms with Gasteiger partial charge in [0.25, 0.3) is 5.91 Å². The molecule has 2 N–H and O–H groups in total. The van der Waals surface area contributed by atoms with Gasteiger partial charge in [0.05, 0.1) is 18.4 Å². The molecule has 49 heavy (non-hydrogen) atoms. The zero-order chi connectivity index (χ0) is 34.5. The highest BCUT2D eigenvalue weighted by Gasteiger charge is 2.29. The molecule has 4 aromatic rings. The first kappa shape index (κ1) is 33.9. The van der Waals surface area contributed by atoms with Crippen LogP contribution in [0.5, 0.6) is 5.75 Å². The van der Waals surface area contributed by atoms with E-state index in [1.54, 1.807) is 11.0 Å². The number of carbonyl (C=O) groups is 2. The minimum Gasteiger partial charge on any atom is -0.484 e. The summed E-state index contributed by atoms with van der Waals surface area (Å²) >= 11 is 0. The van der Waals surface area contributed by atoms with Crippen molar-refractivity contribution in [3.8, 4) is 28.3 Å². The molecule has 4 heterocycles. The van der Waals surface area contributed by atoms with Gasteiger partial charge < -0.3 is 29.7 Å². The number of nitrogens with one attached hydrogen (secondary N) is 2. The van der Waals surface area contributed by atoms with Crippen LogP contribution in [0.4, 0.5) is 16.3 Å². The van der Waals surface area contributed by atoms with Gasteiger partial charge in [-0.2, -0.15) is 5.10 Å². The first-order chi connectivity index (χ1) is 23.5. The number of rotatable bonds is 9. The van der Waals surface area contributed by atoms with Gasteiger partial charge in [-0.05, 0) is 83.7 Å². The number of nitrogens with zero attached hydrogens (tertiary/aromatic N) is 5. The Kier molecular flexibility index (Phi) is 10.1. The van der Waals surface area contributed by atoms with Crippen molar-refractivity contribution in [3.63, 3.8) is 0 Å². The Morgan fingerprint density at radius 1 is 1.04 bits per heavy atom. The van der Waals surface area contributed by atoms with Gasteiger partial charge in [0.15, 0.2) is 12.4 Å². The summed E-state index contributed by atoms with van der Waals surface area (Å²) in [5.41, 5.74) is 4.70. The van der Waals surface area contributed by atoms with Crippen LogP contribution in [-0.2, 0) is 27.2 Å². The number of hydrogen-bond acceptors (Lipinski definition) is 9. The average molecular weight is 668 g/mol. The van der Waals surface area contributed by atoms with Gasteiger partial charge in [-0.25, -0.2) is 19.4 Å². The van der Waals surface area contributed by atoms with Crippen LogP contribution in [-0.4, -0.2) is 68.1 Å². The highest BCUT2D eigenvalue weighted by molar-refractivity contribution is 5.78. The molecule has 12 heteroatoms. The summed E-state index contributed by atoms with van der Waals surface area (Å²) in [6.07, 6.45) is 7.25. The average Bonchev–Trinajstić information content (AvgIpc) is 3.57. The number of aromatic nitrogens is 4. The summed E-state index contributed by atoms with van der Waals surface area (Å²) in [5.74, 6) is 1.46. The van der Waals surface area contributed by atoms with Crippen LogP contribution in [0, 0.1) is 0 Å². The van der Waals surface area contributed by atoms with Crippen molar-refractivity contribution in [3.05, 3.63) is 72.2 Å². The third-order valence-corrected chi connectivity index (χ3v) is 8.16. The standard InChI is InChI=1S/C37H45N7O5/c1-24(2)39-32(45)23-48-29-10-8-9-26(19-29)34-41-31-16-17-43(36(46)49-37(3,4)5)22-30(31)35(42-34)40-28-14-12-25(13-15-28)27-20-38-44(21-27)33-11-6-7-18-47-33/h8-10,12-15,19-21,24,33H,6-7,11,16-18,22-23H2,1-5H3,(H,39,45)(H,40,41,42). The molecule has 1 atom stereocenters. The Morgan fingerprint density at radius 3 is 2.59 bits per heavy atom. The molecule has 1 saturated heterocycles. The van der Waals surface area contributed by atoms with E-state index < -0.39 is 5.60 Å². The maximum absolute atomic E-state index is 13.0. The predicted molar refractivity (Wildman–Crippen MR) is 186 cm³/mol. The smallest absolute Gasteiger partial charge is 0.410 e. The molecule has 2 amide bonds. The van der Waals surface area contributed by atoms with Gasteiger partial charge in [-0.15, -0.1) is 0 Å². The SMILES string of the molecule is CC(C)NC(=O)COc1cccc(-c2nc3c(c(Nc4ccc(-c5cnn(C6CCCCO6)c5)cc4)n2)CN(C(=O)OC(C)(C)C)CC3)c1. The fourth-order valence-electron chi connectivity index (χ4n) is 5.83. The molecule has 0 spiro atoms. The number of anilines is 2. The molecule has 2 aromatic heterocycles. The van der Waals surface area contributed by atoms with Crippen molar-refractivity contribution < 1.29 is 23.8 Å². The van der Waals surface area contributed by atoms with E-state index in [1.807, 2.05) is 94.2 Å². The lowest BCUT2D eigenvalue weighted by atomic mass is 10.0. The number of fused-ring (bicyclic) bond motifs is 1. The maximum Gasteiger partial charge on any atom is 0.410 e. The molecule has 0 radical (unpaired) electrons.